The van der Waals surface area contributed by atoms with Gasteiger partial charge in [0.2, 0.25) is 5.91 Å². The zero-order chi connectivity index (χ0) is 18.2. The van der Waals surface area contributed by atoms with E-state index in [4.69, 9.17) is 17.0 Å². The molecule has 0 aliphatic heterocycles. The van der Waals surface area contributed by atoms with Gasteiger partial charge in [-0.15, -0.1) is 0 Å². The number of methoxy groups -OCH3 is 1. The number of ether oxygens (including phenoxy) is 1. The van der Waals surface area contributed by atoms with Gasteiger partial charge in [-0.3, -0.25) is 20.2 Å². The molecule has 0 fully saturated rings. The lowest BCUT2D eigenvalue weighted by molar-refractivity contribution is -0.384. The van der Waals surface area contributed by atoms with Gasteiger partial charge in [-0.1, -0.05) is 30.3 Å². The lowest BCUT2D eigenvalue weighted by Crippen LogP contribution is -2.33. The predicted octanol–water partition coefficient (Wildman–Crippen LogP) is 3.13. The maximum Gasteiger partial charge on any atom is 0.296 e. The molecule has 2 aromatic rings. The average molecular weight is 357 g/mol. The molecule has 0 aliphatic rings. The van der Waals surface area contributed by atoms with E-state index in [1.165, 1.54) is 25.3 Å². The summed E-state index contributed by atoms with van der Waals surface area (Å²) in [5.41, 5.74) is 0.807. The Labute approximate surface area is 149 Å². The molecule has 0 saturated heterocycles. The van der Waals surface area contributed by atoms with Gasteiger partial charge in [0.1, 0.15) is 11.4 Å². The minimum Gasteiger partial charge on any atom is -0.496 e. The number of amides is 1. The minimum absolute atomic E-state index is 0.0454. The number of nitrogens with zero attached hydrogens (tertiary/aromatic N) is 1. The summed E-state index contributed by atoms with van der Waals surface area (Å²) in [5.74, 6) is -0.101. The summed E-state index contributed by atoms with van der Waals surface area (Å²) in [6, 6.07) is 13.5. The number of thiocarbonyl (C=S) groups is 1. The average Bonchev–Trinajstić information content (AvgIpc) is 2.61. The Morgan fingerprint density at radius 3 is 2.60 bits per heavy atom. The van der Waals surface area contributed by atoms with Crippen molar-refractivity contribution in [2.24, 2.45) is 0 Å². The molecule has 128 valence electrons. The Kier molecular flexibility index (Phi) is 6.19. The Bertz CT molecular complexity index is 822. The number of hydrogen-bond donors (Lipinski definition) is 2. The summed E-state index contributed by atoms with van der Waals surface area (Å²) in [6.07, 6.45) is 2.96. The molecule has 0 bridgehead atoms. The standard InChI is InChI=1S/C17H15N3O4S/c1-24-13-8-9-14(15(11-13)20(22)23)18-17(25)19-16(21)10-7-12-5-3-2-4-6-12/h2-11H,1H3,(H2,18,19,21,25)/b10-7+. The van der Waals surface area contributed by atoms with Gasteiger partial charge < -0.3 is 10.1 Å². The van der Waals surface area contributed by atoms with Crippen molar-refractivity contribution >= 4 is 40.7 Å². The van der Waals surface area contributed by atoms with Crippen LogP contribution in [0, 0.1) is 10.1 Å². The topological polar surface area (TPSA) is 93.5 Å². The zero-order valence-corrected chi connectivity index (χ0v) is 14.1. The van der Waals surface area contributed by atoms with Gasteiger partial charge in [0, 0.05) is 6.08 Å². The maximum absolute atomic E-state index is 11.9. The molecule has 1 amide bonds. The van der Waals surface area contributed by atoms with Crippen LogP contribution in [0.3, 0.4) is 0 Å². The third-order valence-corrected chi connectivity index (χ3v) is 3.32. The van der Waals surface area contributed by atoms with Crippen LogP contribution in [0.15, 0.2) is 54.6 Å². The molecular weight excluding hydrogens is 342 g/mol. The fourth-order valence-corrected chi connectivity index (χ4v) is 2.15. The lowest BCUT2D eigenvalue weighted by Gasteiger charge is -2.09. The van der Waals surface area contributed by atoms with Crippen LogP contribution in [0.25, 0.3) is 6.08 Å². The SMILES string of the molecule is COc1ccc(NC(=S)NC(=O)/C=C/c2ccccc2)c([N+](=O)[O-])c1. The van der Waals surface area contributed by atoms with Crippen LogP contribution in [-0.2, 0) is 4.79 Å². The van der Waals surface area contributed by atoms with Gasteiger partial charge in [0.25, 0.3) is 5.69 Å². The van der Waals surface area contributed by atoms with Crippen molar-refractivity contribution in [3.05, 3.63) is 70.3 Å². The van der Waals surface area contributed by atoms with Gasteiger partial charge in [0.15, 0.2) is 5.11 Å². The highest BCUT2D eigenvalue weighted by atomic mass is 32.1. The Morgan fingerprint density at radius 2 is 1.96 bits per heavy atom. The van der Waals surface area contributed by atoms with Crippen molar-refractivity contribution in [3.63, 3.8) is 0 Å². The number of rotatable bonds is 5. The molecule has 0 radical (unpaired) electrons. The van der Waals surface area contributed by atoms with Gasteiger partial charge >= 0.3 is 0 Å². The normalized spacial score (nSPS) is 10.3. The van der Waals surface area contributed by atoms with Crippen molar-refractivity contribution in [1.82, 2.24) is 5.32 Å². The first-order valence-corrected chi connectivity index (χ1v) is 7.58. The molecule has 8 heteroatoms. The predicted molar refractivity (Wildman–Crippen MR) is 99.5 cm³/mol. The number of benzene rings is 2. The number of nitro groups is 1. The summed E-state index contributed by atoms with van der Waals surface area (Å²) >= 11 is 5.02. The number of carbonyl (C=O) groups is 1. The molecule has 0 heterocycles. The van der Waals surface area contributed by atoms with Crippen LogP contribution in [0.5, 0.6) is 5.75 Å². The van der Waals surface area contributed by atoms with E-state index in [0.717, 1.165) is 5.56 Å². The third kappa shape index (κ3) is 5.40. The quantitative estimate of drug-likeness (QED) is 0.370. The molecule has 0 unspecified atom stereocenters. The van der Waals surface area contributed by atoms with Crippen LogP contribution < -0.4 is 15.4 Å². The smallest absolute Gasteiger partial charge is 0.296 e. The highest BCUT2D eigenvalue weighted by Crippen LogP contribution is 2.28. The monoisotopic (exact) mass is 357 g/mol. The van der Waals surface area contributed by atoms with Crippen molar-refractivity contribution in [3.8, 4) is 5.75 Å². The molecule has 0 aliphatic carbocycles. The zero-order valence-electron chi connectivity index (χ0n) is 13.3. The van der Waals surface area contributed by atoms with Gasteiger partial charge in [-0.05, 0) is 36.0 Å². The highest BCUT2D eigenvalue weighted by molar-refractivity contribution is 7.80. The second kappa shape index (κ2) is 8.55. The minimum atomic E-state index is -0.565. The van der Waals surface area contributed by atoms with Crippen LogP contribution in [0.4, 0.5) is 11.4 Å². The Morgan fingerprint density at radius 1 is 1.24 bits per heavy atom. The van der Waals surface area contributed by atoms with Gasteiger partial charge in [-0.25, -0.2) is 0 Å². The summed E-state index contributed by atoms with van der Waals surface area (Å²) in [5, 5.41) is 16.2. The Hall–Kier alpha value is -3.26. The number of nitrogens with one attached hydrogen (secondary N) is 2. The molecule has 7 nitrogen and oxygen atoms in total. The third-order valence-electron chi connectivity index (χ3n) is 3.11. The molecule has 0 atom stereocenters. The first-order chi connectivity index (χ1) is 12.0. The van der Waals surface area contributed by atoms with Crippen molar-refractivity contribution < 1.29 is 14.5 Å². The maximum atomic E-state index is 11.9. The van der Waals surface area contributed by atoms with Crippen LogP contribution in [0.1, 0.15) is 5.56 Å². The summed E-state index contributed by atoms with van der Waals surface area (Å²) in [6.45, 7) is 0. The van der Waals surface area contributed by atoms with E-state index in [1.54, 1.807) is 12.1 Å². The van der Waals surface area contributed by atoms with E-state index >= 15 is 0 Å². The summed E-state index contributed by atoms with van der Waals surface area (Å²) in [7, 11) is 1.41. The van der Waals surface area contributed by atoms with Crippen LogP contribution >= 0.6 is 12.2 Å². The second-order valence-electron chi connectivity index (χ2n) is 4.83. The number of nitro benzene ring substituents is 1. The first kappa shape index (κ1) is 18.1. The molecule has 25 heavy (non-hydrogen) atoms. The fraction of sp³-hybridized carbons (Fsp3) is 0.0588. The van der Waals surface area contributed by atoms with E-state index in [1.807, 2.05) is 30.3 Å². The van der Waals surface area contributed by atoms with E-state index in [-0.39, 0.29) is 16.5 Å². The van der Waals surface area contributed by atoms with E-state index in [2.05, 4.69) is 10.6 Å². The molecule has 2 N–H and O–H groups in total. The molecule has 0 saturated carbocycles. The van der Waals surface area contributed by atoms with Crippen LogP contribution in [-0.4, -0.2) is 23.1 Å². The highest BCUT2D eigenvalue weighted by Gasteiger charge is 2.16. The molecule has 0 spiro atoms. The van der Waals surface area contributed by atoms with Crippen molar-refractivity contribution in [1.29, 1.82) is 0 Å². The second-order valence-corrected chi connectivity index (χ2v) is 5.24. The molecule has 2 aromatic carbocycles. The summed E-state index contributed by atoms with van der Waals surface area (Å²) in [4.78, 5) is 22.4. The molecule has 2 rings (SSSR count). The van der Waals surface area contributed by atoms with E-state index in [0.29, 0.717) is 5.75 Å². The lowest BCUT2D eigenvalue weighted by atomic mass is 10.2. The van der Waals surface area contributed by atoms with Gasteiger partial charge in [-0.2, -0.15) is 0 Å². The first-order valence-electron chi connectivity index (χ1n) is 7.17. The number of hydrogen-bond acceptors (Lipinski definition) is 5. The van der Waals surface area contributed by atoms with Crippen molar-refractivity contribution in [2.45, 2.75) is 0 Å². The van der Waals surface area contributed by atoms with E-state index in [9.17, 15) is 14.9 Å². The fourth-order valence-electron chi connectivity index (χ4n) is 1.94. The van der Waals surface area contributed by atoms with E-state index < -0.39 is 10.8 Å². The summed E-state index contributed by atoms with van der Waals surface area (Å²) < 4.78 is 4.96. The number of anilines is 1. The molecule has 0 aromatic heterocycles. The number of carbonyl (C=O) groups excluding carboxylic acids is 1. The van der Waals surface area contributed by atoms with Crippen LogP contribution in [0.2, 0.25) is 0 Å². The van der Waals surface area contributed by atoms with Gasteiger partial charge in [0.05, 0.1) is 18.1 Å². The molecular formula is C17H15N3O4S. The van der Waals surface area contributed by atoms with Crippen molar-refractivity contribution in [2.75, 3.05) is 12.4 Å². The Balaban J connectivity index is 2.01. The largest absolute Gasteiger partial charge is 0.496 e.